The molecular weight excluding hydrogens is 348 g/mol. The fraction of sp³-hybridized carbons (Fsp3) is 0.208. The van der Waals surface area contributed by atoms with Gasteiger partial charge in [-0.3, -0.25) is 4.79 Å². The van der Waals surface area contributed by atoms with Gasteiger partial charge in [0, 0.05) is 25.2 Å². The van der Waals surface area contributed by atoms with Crippen LogP contribution in [0.15, 0.2) is 71.1 Å². The van der Waals surface area contributed by atoms with Crippen molar-refractivity contribution in [3.8, 4) is 0 Å². The van der Waals surface area contributed by atoms with Gasteiger partial charge in [0.25, 0.3) is 5.91 Å². The third-order valence-electron chi connectivity index (χ3n) is 4.95. The van der Waals surface area contributed by atoms with Crippen LogP contribution >= 0.6 is 0 Å². The van der Waals surface area contributed by atoms with Crippen molar-refractivity contribution < 1.29 is 9.21 Å². The number of carbonyl (C=O) groups is 1. The fourth-order valence-electron chi connectivity index (χ4n) is 3.46. The number of amides is 1. The van der Waals surface area contributed by atoms with E-state index in [2.05, 4.69) is 48.6 Å². The van der Waals surface area contributed by atoms with Crippen molar-refractivity contribution in [3.63, 3.8) is 0 Å². The zero-order valence-electron chi connectivity index (χ0n) is 16.2. The molecule has 4 aromatic rings. The number of nitrogens with zero attached hydrogens (tertiary/aromatic N) is 1. The Morgan fingerprint density at radius 2 is 1.71 bits per heavy atom. The molecule has 2 heterocycles. The number of fused-ring (bicyclic) bond motifs is 1. The lowest BCUT2D eigenvalue weighted by molar-refractivity contribution is 0.0945. The maximum Gasteiger partial charge on any atom is 0.268 e. The van der Waals surface area contributed by atoms with Gasteiger partial charge < -0.3 is 14.3 Å². The number of aryl methyl sites for hydroxylation is 2. The van der Waals surface area contributed by atoms with E-state index in [9.17, 15) is 4.79 Å². The number of hydrogen-bond acceptors (Lipinski definition) is 2. The summed E-state index contributed by atoms with van der Waals surface area (Å²) in [6, 6.07) is 22.4. The van der Waals surface area contributed by atoms with E-state index < -0.39 is 0 Å². The summed E-state index contributed by atoms with van der Waals surface area (Å²) in [6.07, 6.45) is 0.806. The number of furan rings is 1. The molecule has 4 heteroatoms. The van der Waals surface area contributed by atoms with Gasteiger partial charge in [0.2, 0.25) is 0 Å². The highest BCUT2D eigenvalue weighted by atomic mass is 16.3. The van der Waals surface area contributed by atoms with E-state index in [4.69, 9.17) is 4.42 Å². The lowest BCUT2D eigenvalue weighted by atomic mass is 10.1. The average molecular weight is 372 g/mol. The topological polar surface area (TPSA) is 47.2 Å². The Morgan fingerprint density at radius 3 is 2.46 bits per heavy atom. The Labute approximate surface area is 164 Å². The number of nitrogens with one attached hydrogen (secondary N) is 1. The number of benzene rings is 2. The van der Waals surface area contributed by atoms with Gasteiger partial charge in [-0.2, -0.15) is 0 Å². The van der Waals surface area contributed by atoms with Crippen LogP contribution in [-0.2, 0) is 13.0 Å². The van der Waals surface area contributed by atoms with E-state index in [0.29, 0.717) is 18.8 Å². The fourth-order valence-corrected chi connectivity index (χ4v) is 3.46. The largest absolute Gasteiger partial charge is 0.460 e. The summed E-state index contributed by atoms with van der Waals surface area (Å²) in [5.74, 6) is 0.769. The van der Waals surface area contributed by atoms with Gasteiger partial charge in [0.05, 0.1) is 5.52 Å². The molecule has 0 fully saturated rings. The van der Waals surface area contributed by atoms with Crippen LogP contribution in [0.4, 0.5) is 0 Å². The molecule has 0 bridgehead atoms. The molecule has 0 saturated carbocycles. The molecule has 0 spiro atoms. The predicted molar refractivity (Wildman–Crippen MR) is 112 cm³/mol. The minimum absolute atomic E-state index is 0.0768. The maximum atomic E-state index is 12.9. The SMILES string of the molecule is Cc1ccc(Cn2c(C(=O)NCCc3ccccc3)cc3oc(C)cc32)cc1. The van der Waals surface area contributed by atoms with Gasteiger partial charge in [-0.1, -0.05) is 60.2 Å². The molecule has 0 saturated heterocycles. The van der Waals surface area contributed by atoms with Crippen molar-refractivity contribution in [1.82, 2.24) is 9.88 Å². The van der Waals surface area contributed by atoms with Crippen molar-refractivity contribution in [2.75, 3.05) is 6.54 Å². The molecule has 28 heavy (non-hydrogen) atoms. The van der Waals surface area contributed by atoms with E-state index in [1.54, 1.807) is 0 Å². The lowest BCUT2D eigenvalue weighted by Gasteiger charge is -2.11. The third kappa shape index (κ3) is 3.86. The smallest absolute Gasteiger partial charge is 0.268 e. The Kier molecular flexibility index (Phi) is 5.02. The maximum absolute atomic E-state index is 12.9. The first-order valence-electron chi connectivity index (χ1n) is 9.57. The van der Waals surface area contributed by atoms with E-state index in [0.717, 1.165) is 28.8 Å². The minimum atomic E-state index is -0.0768. The summed E-state index contributed by atoms with van der Waals surface area (Å²) in [4.78, 5) is 12.9. The highest BCUT2D eigenvalue weighted by Crippen LogP contribution is 2.25. The van der Waals surface area contributed by atoms with Crippen molar-refractivity contribution >= 4 is 17.0 Å². The average Bonchev–Trinajstić information content (AvgIpc) is 3.21. The van der Waals surface area contributed by atoms with Gasteiger partial charge >= 0.3 is 0 Å². The summed E-state index contributed by atoms with van der Waals surface area (Å²) >= 11 is 0. The first-order valence-corrected chi connectivity index (χ1v) is 9.57. The van der Waals surface area contributed by atoms with Gasteiger partial charge in [-0.15, -0.1) is 0 Å². The first-order chi connectivity index (χ1) is 13.6. The standard InChI is InChI=1S/C24H24N2O2/c1-17-8-10-20(11-9-17)16-26-21-14-18(2)28-23(21)15-22(26)24(27)25-13-12-19-6-4-3-5-7-19/h3-11,14-15H,12-13,16H2,1-2H3,(H,25,27). The van der Waals surface area contributed by atoms with E-state index in [-0.39, 0.29) is 5.91 Å². The molecule has 4 rings (SSSR count). The monoisotopic (exact) mass is 372 g/mol. The van der Waals surface area contributed by atoms with E-state index >= 15 is 0 Å². The van der Waals surface area contributed by atoms with Crippen LogP contribution in [0.1, 0.15) is 32.9 Å². The van der Waals surface area contributed by atoms with Crippen molar-refractivity contribution in [2.24, 2.45) is 0 Å². The number of rotatable bonds is 6. The number of carbonyl (C=O) groups excluding carboxylic acids is 1. The quantitative estimate of drug-likeness (QED) is 0.525. The summed E-state index contributed by atoms with van der Waals surface area (Å²) in [6.45, 7) is 5.22. The summed E-state index contributed by atoms with van der Waals surface area (Å²) in [5, 5.41) is 3.05. The Balaban J connectivity index is 1.56. The zero-order valence-corrected chi connectivity index (χ0v) is 16.2. The first kappa shape index (κ1) is 18.1. The van der Waals surface area contributed by atoms with Gasteiger partial charge in [-0.05, 0) is 31.4 Å². The van der Waals surface area contributed by atoms with Crippen LogP contribution < -0.4 is 5.32 Å². The second-order valence-corrected chi connectivity index (χ2v) is 7.20. The Hall–Kier alpha value is -3.27. The normalized spacial score (nSPS) is 11.1. The van der Waals surface area contributed by atoms with E-state index in [1.165, 1.54) is 11.1 Å². The summed E-state index contributed by atoms with van der Waals surface area (Å²) < 4.78 is 7.81. The Morgan fingerprint density at radius 1 is 0.964 bits per heavy atom. The van der Waals surface area contributed by atoms with Crippen LogP contribution in [0.5, 0.6) is 0 Å². The molecule has 2 aromatic heterocycles. The molecule has 142 valence electrons. The van der Waals surface area contributed by atoms with Crippen LogP contribution in [0.25, 0.3) is 11.1 Å². The third-order valence-corrected chi connectivity index (χ3v) is 4.95. The van der Waals surface area contributed by atoms with E-state index in [1.807, 2.05) is 41.8 Å². The van der Waals surface area contributed by atoms with Crippen molar-refractivity contribution in [3.05, 3.63) is 94.9 Å². The molecular formula is C24H24N2O2. The van der Waals surface area contributed by atoms with Crippen LogP contribution in [0, 0.1) is 13.8 Å². The molecule has 4 nitrogen and oxygen atoms in total. The second kappa shape index (κ2) is 7.77. The molecule has 0 radical (unpaired) electrons. The Bertz CT molecular complexity index is 1090. The molecule has 1 amide bonds. The van der Waals surface area contributed by atoms with Gasteiger partial charge in [0.1, 0.15) is 11.5 Å². The molecule has 0 aliphatic carbocycles. The molecule has 0 aliphatic heterocycles. The number of aromatic nitrogens is 1. The van der Waals surface area contributed by atoms with Crippen LogP contribution in [0.3, 0.4) is 0 Å². The second-order valence-electron chi connectivity index (χ2n) is 7.20. The summed E-state index contributed by atoms with van der Waals surface area (Å²) in [7, 11) is 0. The van der Waals surface area contributed by atoms with Gasteiger partial charge in [-0.25, -0.2) is 0 Å². The highest BCUT2D eigenvalue weighted by Gasteiger charge is 2.18. The highest BCUT2D eigenvalue weighted by molar-refractivity contribution is 5.97. The van der Waals surface area contributed by atoms with Crippen LogP contribution in [0.2, 0.25) is 0 Å². The van der Waals surface area contributed by atoms with Crippen molar-refractivity contribution in [2.45, 2.75) is 26.8 Å². The lowest BCUT2D eigenvalue weighted by Crippen LogP contribution is -2.28. The van der Waals surface area contributed by atoms with Gasteiger partial charge in [0.15, 0.2) is 5.58 Å². The molecule has 0 atom stereocenters. The molecule has 0 aliphatic rings. The summed E-state index contributed by atoms with van der Waals surface area (Å²) in [5.41, 5.74) is 5.91. The zero-order chi connectivity index (χ0) is 19.5. The minimum Gasteiger partial charge on any atom is -0.460 e. The predicted octanol–water partition coefficient (Wildman–Crippen LogP) is 4.87. The molecule has 1 N–H and O–H groups in total. The number of hydrogen-bond donors (Lipinski definition) is 1. The van der Waals surface area contributed by atoms with Crippen molar-refractivity contribution in [1.29, 1.82) is 0 Å². The molecule has 0 unspecified atom stereocenters. The van der Waals surface area contributed by atoms with Crippen LogP contribution in [-0.4, -0.2) is 17.0 Å². The molecule has 2 aromatic carbocycles.